The van der Waals surface area contributed by atoms with Crippen molar-refractivity contribution >= 4 is 11.8 Å². The number of rotatable bonds is 6. The molecule has 0 saturated carbocycles. The van der Waals surface area contributed by atoms with Crippen LogP contribution in [0.2, 0.25) is 0 Å². The zero-order valence-electron chi connectivity index (χ0n) is 18.4. The van der Waals surface area contributed by atoms with Gasteiger partial charge in [0.2, 0.25) is 11.7 Å². The van der Waals surface area contributed by atoms with Crippen molar-refractivity contribution in [2.45, 2.75) is 52.2 Å². The molecule has 2 aromatic rings. The highest BCUT2D eigenvalue weighted by atomic mass is 16.5. The fraction of sp³-hybridized carbons (Fsp3) is 0.542. The fourth-order valence-electron chi connectivity index (χ4n) is 4.92. The van der Waals surface area contributed by atoms with Crippen LogP contribution in [0.1, 0.15) is 54.9 Å². The molecule has 2 atom stereocenters. The second-order valence-electron chi connectivity index (χ2n) is 8.60. The van der Waals surface area contributed by atoms with Crippen molar-refractivity contribution in [2.75, 3.05) is 26.2 Å². The summed E-state index contributed by atoms with van der Waals surface area (Å²) in [5, 5.41) is 3.95. The molecular weight excluding hydrogens is 394 g/mol. The van der Waals surface area contributed by atoms with Gasteiger partial charge in [0.25, 0.3) is 5.91 Å². The number of aromatic nitrogens is 1. The number of likely N-dealkylation sites (tertiary alicyclic amines) is 2. The molecule has 2 saturated heterocycles. The highest BCUT2D eigenvalue weighted by Crippen LogP contribution is 2.41. The average Bonchev–Trinajstić information content (AvgIpc) is 3.27. The van der Waals surface area contributed by atoms with Crippen molar-refractivity contribution < 1.29 is 18.8 Å². The number of hydrogen-bond donors (Lipinski definition) is 0. The van der Waals surface area contributed by atoms with Crippen molar-refractivity contribution in [3.8, 4) is 0 Å². The minimum Gasteiger partial charge on any atom is -0.377 e. The minimum absolute atomic E-state index is 0.0292. The lowest BCUT2D eigenvalue weighted by molar-refractivity contribution is -0.159. The van der Waals surface area contributed by atoms with Crippen LogP contribution in [-0.2, 0) is 22.5 Å². The molecule has 7 heteroatoms. The fourth-order valence-corrected chi connectivity index (χ4v) is 4.92. The van der Waals surface area contributed by atoms with E-state index < -0.39 is 5.41 Å². The topological polar surface area (TPSA) is 75.9 Å². The van der Waals surface area contributed by atoms with Gasteiger partial charge in [-0.3, -0.25) is 9.59 Å². The zero-order valence-corrected chi connectivity index (χ0v) is 18.4. The van der Waals surface area contributed by atoms with Gasteiger partial charge in [0.15, 0.2) is 0 Å². The molecule has 1 aromatic carbocycles. The lowest BCUT2D eigenvalue weighted by Gasteiger charge is -2.49. The van der Waals surface area contributed by atoms with Gasteiger partial charge < -0.3 is 19.1 Å². The molecule has 0 N–H and O–H groups in total. The highest BCUT2D eigenvalue weighted by Gasteiger charge is 2.50. The van der Waals surface area contributed by atoms with Crippen LogP contribution < -0.4 is 0 Å². The average molecular weight is 426 g/mol. The SMILES string of the molecule is CCO[C@@H]1CN(Cc2ccccc2)C(=O)[C@@]2(CCCN(C(=O)c3cc(CC)no3)C2)C1. The number of carbonyl (C=O) groups excluding carboxylic acids is 2. The van der Waals surface area contributed by atoms with E-state index in [0.717, 1.165) is 24.1 Å². The first-order chi connectivity index (χ1) is 15.0. The molecule has 2 fully saturated rings. The van der Waals surface area contributed by atoms with E-state index in [-0.39, 0.29) is 23.7 Å². The highest BCUT2D eigenvalue weighted by molar-refractivity contribution is 5.92. The van der Waals surface area contributed by atoms with E-state index in [4.69, 9.17) is 9.26 Å². The number of piperidine rings is 2. The van der Waals surface area contributed by atoms with E-state index in [1.807, 2.05) is 49.1 Å². The third-order valence-electron chi connectivity index (χ3n) is 6.40. The van der Waals surface area contributed by atoms with Crippen molar-refractivity contribution in [3.05, 3.63) is 53.4 Å². The smallest absolute Gasteiger partial charge is 0.292 e. The Labute approximate surface area is 183 Å². The Morgan fingerprint density at radius 2 is 2.10 bits per heavy atom. The van der Waals surface area contributed by atoms with Gasteiger partial charge in [0.05, 0.1) is 17.2 Å². The third-order valence-corrected chi connectivity index (χ3v) is 6.40. The van der Waals surface area contributed by atoms with Gasteiger partial charge in [0.1, 0.15) is 0 Å². The number of nitrogens with zero attached hydrogens (tertiary/aromatic N) is 3. The molecule has 31 heavy (non-hydrogen) atoms. The van der Waals surface area contributed by atoms with Crippen LogP contribution in [0.5, 0.6) is 0 Å². The van der Waals surface area contributed by atoms with Crippen LogP contribution in [-0.4, -0.2) is 59.1 Å². The Hall–Kier alpha value is -2.67. The molecule has 2 aliphatic rings. The number of hydrogen-bond acceptors (Lipinski definition) is 5. The summed E-state index contributed by atoms with van der Waals surface area (Å²) < 4.78 is 11.3. The number of carbonyl (C=O) groups is 2. The molecule has 0 radical (unpaired) electrons. The van der Waals surface area contributed by atoms with Crippen LogP contribution in [0.3, 0.4) is 0 Å². The summed E-state index contributed by atoms with van der Waals surface area (Å²) in [6, 6.07) is 11.7. The zero-order chi connectivity index (χ0) is 21.8. The van der Waals surface area contributed by atoms with Gasteiger partial charge in [-0.2, -0.15) is 0 Å². The molecule has 7 nitrogen and oxygen atoms in total. The predicted octanol–water partition coefficient (Wildman–Crippen LogP) is 3.30. The Balaban J connectivity index is 1.56. The van der Waals surface area contributed by atoms with Gasteiger partial charge in [-0.05, 0) is 38.2 Å². The Morgan fingerprint density at radius 1 is 1.29 bits per heavy atom. The quantitative estimate of drug-likeness (QED) is 0.710. The summed E-state index contributed by atoms with van der Waals surface area (Å²) in [5.74, 6) is 0.184. The first-order valence-corrected chi connectivity index (χ1v) is 11.2. The van der Waals surface area contributed by atoms with E-state index in [2.05, 4.69) is 5.16 Å². The molecule has 1 spiro atoms. The van der Waals surface area contributed by atoms with Crippen LogP contribution in [0.4, 0.5) is 0 Å². The second kappa shape index (κ2) is 9.22. The molecule has 2 aliphatic heterocycles. The minimum atomic E-state index is -0.617. The van der Waals surface area contributed by atoms with Crippen molar-refractivity contribution in [1.29, 1.82) is 0 Å². The first-order valence-electron chi connectivity index (χ1n) is 11.2. The number of benzene rings is 1. The van der Waals surface area contributed by atoms with Crippen LogP contribution in [0.15, 0.2) is 40.9 Å². The van der Waals surface area contributed by atoms with E-state index in [1.165, 1.54) is 0 Å². The van der Waals surface area contributed by atoms with E-state index in [1.54, 1.807) is 11.0 Å². The molecule has 3 heterocycles. The Morgan fingerprint density at radius 3 is 2.81 bits per heavy atom. The van der Waals surface area contributed by atoms with Gasteiger partial charge in [-0.1, -0.05) is 42.4 Å². The molecule has 2 amide bonds. The lowest BCUT2D eigenvalue weighted by atomic mass is 9.72. The largest absolute Gasteiger partial charge is 0.377 e. The molecule has 4 rings (SSSR count). The Kier molecular flexibility index (Phi) is 6.41. The molecule has 0 unspecified atom stereocenters. The van der Waals surface area contributed by atoms with Crippen molar-refractivity contribution in [1.82, 2.24) is 15.0 Å². The maximum Gasteiger partial charge on any atom is 0.292 e. The summed E-state index contributed by atoms with van der Waals surface area (Å²) in [6.07, 6.45) is 2.87. The third kappa shape index (κ3) is 4.51. The van der Waals surface area contributed by atoms with Crippen molar-refractivity contribution in [2.24, 2.45) is 5.41 Å². The summed E-state index contributed by atoms with van der Waals surface area (Å²) in [5.41, 5.74) is 1.24. The van der Waals surface area contributed by atoms with E-state index >= 15 is 0 Å². The van der Waals surface area contributed by atoms with Crippen molar-refractivity contribution in [3.63, 3.8) is 0 Å². The molecular formula is C24H31N3O4. The normalized spacial score (nSPS) is 24.1. The summed E-state index contributed by atoms with van der Waals surface area (Å²) in [6.45, 7) is 6.71. The molecule has 0 bridgehead atoms. The molecule has 166 valence electrons. The lowest BCUT2D eigenvalue weighted by Crippen LogP contribution is -2.60. The van der Waals surface area contributed by atoms with Crippen LogP contribution in [0, 0.1) is 5.41 Å². The first kappa shape index (κ1) is 21.6. The predicted molar refractivity (Wildman–Crippen MR) is 115 cm³/mol. The Bertz CT molecular complexity index is 913. The van der Waals surface area contributed by atoms with Gasteiger partial charge in [-0.15, -0.1) is 0 Å². The number of ether oxygens (including phenoxy) is 1. The monoisotopic (exact) mass is 425 g/mol. The maximum atomic E-state index is 13.7. The van der Waals surface area contributed by atoms with Crippen LogP contribution in [0.25, 0.3) is 0 Å². The van der Waals surface area contributed by atoms with E-state index in [9.17, 15) is 9.59 Å². The summed E-state index contributed by atoms with van der Waals surface area (Å²) in [4.78, 5) is 30.5. The van der Waals surface area contributed by atoms with Crippen LogP contribution >= 0.6 is 0 Å². The van der Waals surface area contributed by atoms with Gasteiger partial charge in [-0.25, -0.2) is 0 Å². The summed E-state index contributed by atoms with van der Waals surface area (Å²) >= 11 is 0. The standard InChI is InChI=1S/C24H31N3O4/c1-3-19-13-21(31-25-19)22(28)26-12-8-11-24(17-26)14-20(30-4-2)16-27(23(24)29)15-18-9-6-5-7-10-18/h5-7,9-10,13,20H,3-4,8,11-12,14-17H2,1-2H3/t20-,24-/m0/s1. The molecule has 1 aromatic heterocycles. The number of amides is 2. The van der Waals surface area contributed by atoms with E-state index in [0.29, 0.717) is 45.6 Å². The molecule has 0 aliphatic carbocycles. The second-order valence-corrected chi connectivity index (χ2v) is 8.60. The summed E-state index contributed by atoms with van der Waals surface area (Å²) in [7, 11) is 0. The van der Waals surface area contributed by atoms with Gasteiger partial charge in [0, 0.05) is 38.9 Å². The van der Waals surface area contributed by atoms with Gasteiger partial charge >= 0.3 is 0 Å². The maximum absolute atomic E-state index is 13.7. The number of aryl methyl sites for hydroxylation is 1.